The molecule has 3 N–H and O–H groups in total. The largest absolute Gasteiger partial charge is 0.396 e. The molecular weight excluding hydrogens is 346 g/mol. The van der Waals surface area contributed by atoms with Crippen LogP contribution in [0.1, 0.15) is 37.7 Å². The summed E-state index contributed by atoms with van der Waals surface area (Å²) in [6.45, 7) is 1.49. The minimum atomic E-state index is -0.719. The molecule has 3 atom stereocenters. The molecule has 1 aromatic carbocycles. The third kappa shape index (κ3) is 4.59. The molecule has 0 radical (unpaired) electrons. The van der Waals surface area contributed by atoms with Crippen molar-refractivity contribution in [3.63, 3.8) is 0 Å². The number of likely N-dealkylation sites (tertiary alicyclic amines) is 2. The van der Waals surface area contributed by atoms with Crippen molar-refractivity contribution in [2.75, 3.05) is 19.7 Å². The summed E-state index contributed by atoms with van der Waals surface area (Å²) in [5, 5.41) is 22.2. The van der Waals surface area contributed by atoms with Crippen LogP contribution in [-0.2, 0) is 11.3 Å². The number of carbonyl (C=O) groups excluding carboxylic acids is 2. The lowest BCUT2D eigenvalue weighted by molar-refractivity contribution is -0.138. The van der Waals surface area contributed by atoms with Gasteiger partial charge in [-0.1, -0.05) is 30.3 Å². The van der Waals surface area contributed by atoms with Crippen LogP contribution < -0.4 is 5.32 Å². The number of hydrogen-bond acceptors (Lipinski definition) is 4. The van der Waals surface area contributed by atoms with Gasteiger partial charge in [0.05, 0.1) is 12.1 Å². The number of nitrogens with one attached hydrogen (secondary N) is 1. The number of benzene rings is 1. The first kappa shape index (κ1) is 19.6. The zero-order chi connectivity index (χ0) is 19.2. The third-order valence-electron chi connectivity index (χ3n) is 5.54. The van der Waals surface area contributed by atoms with Crippen LogP contribution in [0.5, 0.6) is 0 Å². The second kappa shape index (κ2) is 9.19. The second-order valence-corrected chi connectivity index (χ2v) is 7.32. The van der Waals surface area contributed by atoms with Gasteiger partial charge in [0.2, 0.25) is 5.91 Å². The molecule has 1 unspecified atom stereocenters. The lowest BCUT2D eigenvalue weighted by Crippen LogP contribution is -2.53. The minimum absolute atomic E-state index is 0.0816. The smallest absolute Gasteiger partial charge is 0.318 e. The number of rotatable bonds is 6. The van der Waals surface area contributed by atoms with Crippen LogP contribution in [0.3, 0.4) is 0 Å². The number of aliphatic hydroxyl groups is 2. The van der Waals surface area contributed by atoms with E-state index in [9.17, 15) is 14.7 Å². The van der Waals surface area contributed by atoms with Gasteiger partial charge in [-0.3, -0.25) is 4.79 Å². The molecule has 1 aromatic rings. The van der Waals surface area contributed by atoms with Gasteiger partial charge in [-0.05, 0) is 37.7 Å². The Kier molecular flexibility index (Phi) is 6.68. The average Bonchev–Trinajstić information content (AvgIpc) is 3.36. The van der Waals surface area contributed by atoms with Crippen LogP contribution in [0.15, 0.2) is 30.3 Å². The summed E-state index contributed by atoms with van der Waals surface area (Å²) < 4.78 is 0. The van der Waals surface area contributed by atoms with Crippen molar-refractivity contribution in [2.24, 2.45) is 0 Å². The summed E-state index contributed by atoms with van der Waals surface area (Å²) in [6, 6.07) is 8.72. The zero-order valence-electron chi connectivity index (χ0n) is 15.6. The molecule has 0 spiro atoms. The van der Waals surface area contributed by atoms with Crippen molar-refractivity contribution in [3.05, 3.63) is 35.9 Å². The minimum Gasteiger partial charge on any atom is -0.396 e. The van der Waals surface area contributed by atoms with Crippen LogP contribution in [-0.4, -0.2) is 69.8 Å². The molecule has 2 aliphatic heterocycles. The highest BCUT2D eigenvalue weighted by Crippen LogP contribution is 2.27. The molecule has 0 bridgehead atoms. The number of hydrogen-bond donors (Lipinski definition) is 3. The summed E-state index contributed by atoms with van der Waals surface area (Å²) in [4.78, 5) is 29.1. The molecule has 3 rings (SSSR count). The van der Waals surface area contributed by atoms with Crippen molar-refractivity contribution in [1.82, 2.24) is 15.1 Å². The first-order valence-electron chi connectivity index (χ1n) is 9.79. The van der Waals surface area contributed by atoms with Crippen LogP contribution in [0.25, 0.3) is 0 Å². The van der Waals surface area contributed by atoms with Crippen LogP contribution in [0, 0.1) is 0 Å². The average molecular weight is 375 g/mol. The molecule has 2 aliphatic rings. The Morgan fingerprint density at radius 1 is 1.11 bits per heavy atom. The summed E-state index contributed by atoms with van der Waals surface area (Å²) in [5.74, 6) is -0.0816. The Hall–Kier alpha value is -2.12. The molecule has 27 heavy (non-hydrogen) atoms. The fraction of sp³-hybridized carbons (Fsp3) is 0.600. The maximum Gasteiger partial charge on any atom is 0.318 e. The summed E-state index contributed by atoms with van der Waals surface area (Å²) in [7, 11) is 0. The van der Waals surface area contributed by atoms with Crippen molar-refractivity contribution in [2.45, 2.75) is 56.8 Å². The fourth-order valence-corrected chi connectivity index (χ4v) is 4.12. The highest BCUT2D eigenvalue weighted by atomic mass is 16.3. The van der Waals surface area contributed by atoms with E-state index in [1.807, 2.05) is 30.3 Å². The summed E-state index contributed by atoms with van der Waals surface area (Å²) in [6.07, 6.45) is 2.57. The Morgan fingerprint density at radius 3 is 2.56 bits per heavy atom. The molecule has 3 amide bonds. The molecule has 2 saturated heterocycles. The molecule has 148 valence electrons. The quantitative estimate of drug-likeness (QED) is 0.694. The van der Waals surface area contributed by atoms with E-state index in [-0.39, 0.29) is 31.0 Å². The molecular formula is C20H29N3O4. The highest BCUT2D eigenvalue weighted by Gasteiger charge is 2.41. The van der Waals surface area contributed by atoms with E-state index >= 15 is 0 Å². The maximum atomic E-state index is 13.1. The molecule has 0 saturated carbocycles. The van der Waals surface area contributed by atoms with E-state index in [1.54, 1.807) is 9.80 Å². The van der Waals surface area contributed by atoms with E-state index in [0.717, 1.165) is 24.8 Å². The maximum absolute atomic E-state index is 13.1. The van der Waals surface area contributed by atoms with Gasteiger partial charge in [-0.25, -0.2) is 4.79 Å². The van der Waals surface area contributed by atoms with Gasteiger partial charge in [0.25, 0.3) is 0 Å². The van der Waals surface area contributed by atoms with E-state index in [1.165, 1.54) is 0 Å². The molecule has 0 aliphatic carbocycles. The summed E-state index contributed by atoms with van der Waals surface area (Å²) in [5.41, 5.74) is 1.01. The van der Waals surface area contributed by atoms with Gasteiger partial charge >= 0.3 is 6.03 Å². The Balaban J connectivity index is 1.61. The van der Waals surface area contributed by atoms with Gasteiger partial charge in [-0.15, -0.1) is 0 Å². The number of carbonyl (C=O) groups is 2. The molecule has 2 heterocycles. The van der Waals surface area contributed by atoms with Gasteiger partial charge < -0.3 is 25.3 Å². The SMILES string of the molecule is O=C(NCc1ccccc1)N1CCC[C@H]1C(=O)N1CCC[C@H]1C(O)CCO. The molecule has 2 fully saturated rings. The van der Waals surface area contributed by atoms with Gasteiger partial charge in [-0.2, -0.15) is 0 Å². The lowest BCUT2D eigenvalue weighted by atomic mass is 10.0. The molecule has 7 nitrogen and oxygen atoms in total. The van der Waals surface area contributed by atoms with E-state index < -0.39 is 12.1 Å². The molecule has 0 aromatic heterocycles. The van der Waals surface area contributed by atoms with E-state index in [4.69, 9.17) is 5.11 Å². The van der Waals surface area contributed by atoms with Crippen molar-refractivity contribution in [3.8, 4) is 0 Å². The first-order chi connectivity index (χ1) is 13.1. The van der Waals surface area contributed by atoms with E-state index in [2.05, 4.69) is 5.32 Å². The second-order valence-electron chi connectivity index (χ2n) is 7.32. The van der Waals surface area contributed by atoms with Crippen LogP contribution in [0.2, 0.25) is 0 Å². The van der Waals surface area contributed by atoms with Crippen molar-refractivity contribution < 1.29 is 19.8 Å². The normalized spacial score (nSPS) is 23.5. The Bertz CT molecular complexity index is 639. The number of aliphatic hydroxyl groups excluding tert-OH is 2. The van der Waals surface area contributed by atoms with Gasteiger partial charge in [0.15, 0.2) is 0 Å². The summed E-state index contributed by atoms with van der Waals surface area (Å²) >= 11 is 0. The predicted molar refractivity (Wildman–Crippen MR) is 101 cm³/mol. The van der Waals surface area contributed by atoms with Gasteiger partial charge in [0.1, 0.15) is 6.04 Å². The fourth-order valence-electron chi connectivity index (χ4n) is 4.12. The standard InChI is InChI=1S/C20H29N3O4/c24-13-10-18(25)16-8-4-11-22(16)19(26)17-9-5-12-23(17)20(27)21-14-15-6-2-1-3-7-15/h1-3,6-7,16-18,24-25H,4-5,8-14H2,(H,21,27)/t16-,17-,18?/m0/s1. The number of urea groups is 1. The lowest BCUT2D eigenvalue weighted by Gasteiger charge is -2.33. The van der Waals surface area contributed by atoms with E-state index in [0.29, 0.717) is 26.1 Å². The Labute approximate surface area is 160 Å². The monoisotopic (exact) mass is 375 g/mol. The number of nitrogens with zero attached hydrogens (tertiary/aromatic N) is 2. The Morgan fingerprint density at radius 2 is 1.81 bits per heavy atom. The van der Waals surface area contributed by atoms with Crippen molar-refractivity contribution in [1.29, 1.82) is 0 Å². The molecule has 7 heteroatoms. The first-order valence-corrected chi connectivity index (χ1v) is 9.79. The topological polar surface area (TPSA) is 93.1 Å². The van der Waals surface area contributed by atoms with Crippen molar-refractivity contribution >= 4 is 11.9 Å². The zero-order valence-corrected chi connectivity index (χ0v) is 15.6. The number of amides is 3. The third-order valence-corrected chi connectivity index (χ3v) is 5.54. The van der Waals surface area contributed by atoms with Crippen LogP contribution in [0.4, 0.5) is 4.79 Å². The predicted octanol–water partition coefficient (Wildman–Crippen LogP) is 1.09. The highest BCUT2D eigenvalue weighted by molar-refractivity contribution is 5.88. The van der Waals surface area contributed by atoms with Gasteiger partial charge in [0, 0.05) is 26.2 Å². The van der Waals surface area contributed by atoms with Crippen LogP contribution >= 0.6 is 0 Å².